The maximum atomic E-state index is 8.85. The van der Waals surface area contributed by atoms with Crippen LogP contribution in [0.1, 0.15) is 11.3 Å². The first-order valence-electron chi connectivity index (χ1n) is 5.61. The molecule has 1 heterocycles. The summed E-state index contributed by atoms with van der Waals surface area (Å²) in [5, 5.41) is 8.85. The number of aliphatic hydroxyl groups excluding tert-OH is 1. The van der Waals surface area contributed by atoms with Crippen LogP contribution in [0.4, 0.5) is 0 Å². The van der Waals surface area contributed by atoms with Crippen LogP contribution in [0.15, 0.2) is 48.7 Å². The lowest BCUT2D eigenvalue weighted by Crippen LogP contribution is -2.01. The highest BCUT2D eigenvalue weighted by molar-refractivity contribution is 5.20. The number of hydrogen-bond acceptors (Lipinski definition) is 3. The number of aliphatic hydroxyl groups is 1. The lowest BCUT2D eigenvalue weighted by molar-refractivity contribution is 0.275. The summed E-state index contributed by atoms with van der Waals surface area (Å²) < 4.78 is 5.57. The highest BCUT2D eigenvalue weighted by Crippen LogP contribution is 2.10. The van der Waals surface area contributed by atoms with Crippen molar-refractivity contribution >= 4 is 0 Å². The Hall–Kier alpha value is -1.87. The molecule has 1 aromatic heterocycles. The zero-order chi connectivity index (χ0) is 11.9. The van der Waals surface area contributed by atoms with Gasteiger partial charge in [-0.2, -0.15) is 0 Å². The van der Waals surface area contributed by atoms with Gasteiger partial charge in [-0.25, -0.2) is 0 Å². The van der Waals surface area contributed by atoms with Crippen LogP contribution in [-0.4, -0.2) is 16.7 Å². The maximum Gasteiger partial charge on any atom is 0.137 e. The summed E-state index contributed by atoms with van der Waals surface area (Å²) in [5.74, 6) is 0.734. The minimum atomic E-state index is -0.0374. The molecule has 3 heteroatoms. The van der Waals surface area contributed by atoms with Crippen molar-refractivity contribution in [2.45, 2.75) is 13.0 Å². The zero-order valence-electron chi connectivity index (χ0n) is 9.54. The van der Waals surface area contributed by atoms with E-state index < -0.39 is 0 Å². The fourth-order valence-corrected chi connectivity index (χ4v) is 1.52. The van der Waals surface area contributed by atoms with Crippen molar-refractivity contribution in [3.8, 4) is 5.75 Å². The summed E-state index contributed by atoms with van der Waals surface area (Å²) in [6, 6.07) is 13.8. The molecule has 0 atom stereocenters. The quantitative estimate of drug-likeness (QED) is 0.854. The molecule has 0 saturated carbocycles. The van der Waals surface area contributed by atoms with Gasteiger partial charge in [0.25, 0.3) is 0 Å². The predicted octanol–water partition coefficient (Wildman–Crippen LogP) is 2.20. The van der Waals surface area contributed by atoms with Gasteiger partial charge < -0.3 is 9.84 Å². The molecule has 2 aromatic rings. The van der Waals surface area contributed by atoms with Crippen molar-refractivity contribution in [1.82, 2.24) is 4.98 Å². The molecule has 1 N–H and O–H groups in total. The number of pyridine rings is 1. The molecule has 0 radical (unpaired) electrons. The topological polar surface area (TPSA) is 42.4 Å². The van der Waals surface area contributed by atoms with E-state index in [4.69, 9.17) is 9.84 Å². The number of aromatic nitrogens is 1. The molecule has 17 heavy (non-hydrogen) atoms. The second-order valence-corrected chi connectivity index (χ2v) is 3.73. The van der Waals surface area contributed by atoms with Gasteiger partial charge in [0.1, 0.15) is 5.75 Å². The van der Waals surface area contributed by atoms with Gasteiger partial charge in [0, 0.05) is 6.42 Å². The van der Waals surface area contributed by atoms with Crippen molar-refractivity contribution < 1.29 is 9.84 Å². The third kappa shape index (κ3) is 3.57. The molecule has 2 rings (SSSR count). The van der Waals surface area contributed by atoms with Crippen LogP contribution < -0.4 is 4.74 Å². The van der Waals surface area contributed by atoms with Crippen LogP contribution in [0.5, 0.6) is 5.75 Å². The van der Waals surface area contributed by atoms with Crippen LogP contribution in [0.2, 0.25) is 0 Å². The first-order valence-corrected chi connectivity index (χ1v) is 5.61. The van der Waals surface area contributed by atoms with E-state index in [-0.39, 0.29) is 6.61 Å². The minimum Gasteiger partial charge on any atom is -0.492 e. The molecule has 0 amide bonds. The Morgan fingerprint density at radius 3 is 2.53 bits per heavy atom. The molecule has 0 aliphatic carbocycles. The van der Waals surface area contributed by atoms with E-state index in [0.717, 1.165) is 12.2 Å². The van der Waals surface area contributed by atoms with Crippen molar-refractivity contribution in [3.05, 3.63) is 59.9 Å². The third-order valence-corrected chi connectivity index (χ3v) is 2.46. The van der Waals surface area contributed by atoms with Crippen LogP contribution in [0.3, 0.4) is 0 Å². The van der Waals surface area contributed by atoms with E-state index in [1.54, 1.807) is 12.3 Å². The largest absolute Gasteiger partial charge is 0.492 e. The first-order chi connectivity index (χ1) is 8.38. The number of rotatable bonds is 5. The standard InChI is InChI=1S/C14H15NO2/c16-11-13-6-7-14(10-15-13)17-9-8-12-4-2-1-3-5-12/h1-7,10,16H,8-9,11H2. The maximum absolute atomic E-state index is 8.85. The van der Waals surface area contributed by atoms with Crippen molar-refractivity contribution in [2.24, 2.45) is 0 Å². The van der Waals surface area contributed by atoms with Crippen molar-refractivity contribution in [1.29, 1.82) is 0 Å². The van der Waals surface area contributed by atoms with Gasteiger partial charge in [-0.1, -0.05) is 30.3 Å². The first kappa shape index (κ1) is 11.6. The molecule has 0 bridgehead atoms. The lowest BCUT2D eigenvalue weighted by Gasteiger charge is -2.06. The van der Waals surface area contributed by atoms with Crippen LogP contribution in [-0.2, 0) is 13.0 Å². The summed E-state index contributed by atoms with van der Waals surface area (Å²) in [6.45, 7) is 0.592. The molecule has 0 unspecified atom stereocenters. The molecule has 88 valence electrons. The summed E-state index contributed by atoms with van der Waals surface area (Å²) in [5.41, 5.74) is 1.91. The zero-order valence-corrected chi connectivity index (χ0v) is 9.54. The van der Waals surface area contributed by atoms with Gasteiger partial charge in [-0.05, 0) is 17.7 Å². The van der Waals surface area contributed by atoms with Crippen molar-refractivity contribution in [2.75, 3.05) is 6.61 Å². The predicted molar refractivity (Wildman–Crippen MR) is 65.8 cm³/mol. The molecule has 0 spiro atoms. The normalized spacial score (nSPS) is 10.2. The van der Waals surface area contributed by atoms with E-state index in [1.807, 2.05) is 24.3 Å². The van der Waals surface area contributed by atoms with E-state index in [9.17, 15) is 0 Å². The molecular weight excluding hydrogens is 214 g/mol. The molecular formula is C14H15NO2. The number of benzene rings is 1. The number of ether oxygens (including phenoxy) is 1. The summed E-state index contributed by atoms with van der Waals surface area (Å²) in [6.07, 6.45) is 2.51. The van der Waals surface area contributed by atoms with Crippen LogP contribution >= 0.6 is 0 Å². The van der Waals surface area contributed by atoms with Crippen molar-refractivity contribution in [3.63, 3.8) is 0 Å². The molecule has 0 aliphatic heterocycles. The fourth-order valence-electron chi connectivity index (χ4n) is 1.52. The highest BCUT2D eigenvalue weighted by Gasteiger charge is 1.96. The Balaban J connectivity index is 1.82. The number of nitrogens with zero attached hydrogens (tertiary/aromatic N) is 1. The average molecular weight is 229 g/mol. The Kier molecular flexibility index (Phi) is 4.11. The Labute approximate surface area is 101 Å². The second-order valence-electron chi connectivity index (χ2n) is 3.73. The SMILES string of the molecule is OCc1ccc(OCCc2ccccc2)cn1. The average Bonchev–Trinajstić information content (AvgIpc) is 2.41. The smallest absolute Gasteiger partial charge is 0.137 e. The minimum absolute atomic E-state index is 0.0374. The summed E-state index contributed by atoms with van der Waals surface area (Å²) in [7, 11) is 0. The molecule has 0 saturated heterocycles. The van der Waals surface area contributed by atoms with Gasteiger partial charge in [0.2, 0.25) is 0 Å². The summed E-state index contributed by atoms with van der Waals surface area (Å²) in [4.78, 5) is 4.05. The van der Waals surface area contributed by atoms with E-state index in [2.05, 4.69) is 17.1 Å². The van der Waals surface area contributed by atoms with E-state index in [0.29, 0.717) is 12.3 Å². The lowest BCUT2D eigenvalue weighted by atomic mass is 10.2. The Morgan fingerprint density at radius 2 is 1.88 bits per heavy atom. The highest BCUT2D eigenvalue weighted by atomic mass is 16.5. The summed E-state index contributed by atoms with van der Waals surface area (Å²) >= 11 is 0. The molecule has 3 nitrogen and oxygen atoms in total. The molecule has 0 fully saturated rings. The third-order valence-electron chi connectivity index (χ3n) is 2.46. The van der Waals surface area contributed by atoms with Crippen LogP contribution in [0.25, 0.3) is 0 Å². The van der Waals surface area contributed by atoms with Gasteiger partial charge in [0.05, 0.1) is 25.1 Å². The Morgan fingerprint density at radius 1 is 1.06 bits per heavy atom. The fraction of sp³-hybridized carbons (Fsp3) is 0.214. The van der Waals surface area contributed by atoms with Gasteiger partial charge in [-0.3, -0.25) is 4.98 Å². The Bertz CT molecular complexity index is 440. The van der Waals surface area contributed by atoms with E-state index >= 15 is 0 Å². The second kappa shape index (κ2) is 6.01. The van der Waals surface area contributed by atoms with Crippen LogP contribution in [0, 0.1) is 0 Å². The van der Waals surface area contributed by atoms with Gasteiger partial charge in [0.15, 0.2) is 0 Å². The van der Waals surface area contributed by atoms with E-state index in [1.165, 1.54) is 5.56 Å². The van der Waals surface area contributed by atoms with Gasteiger partial charge in [-0.15, -0.1) is 0 Å². The van der Waals surface area contributed by atoms with Gasteiger partial charge >= 0.3 is 0 Å². The monoisotopic (exact) mass is 229 g/mol. The molecule has 1 aromatic carbocycles. The molecule has 0 aliphatic rings. The number of hydrogen-bond donors (Lipinski definition) is 1.